The van der Waals surface area contributed by atoms with E-state index in [0.29, 0.717) is 33.1 Å². The van der Waals surface area contributed by atoms with Crippen molar-refractivity contribution in [2.45, 2.75) is 24.7 Å². The smallest absolute Gasteiger partial charge is 0.253 e. The average molecular weight is 559 g/mol. The summed E-state index contributed by atoms with van der Waals surface area (Å²) in [4.78, 5) is 25.1. The Hall–Kier alpha value is -2.23. The lowest BCUT2D eigenvalue weighted by Crippen LogP contribution is -2.29. The fourth-order valence-electron chi connectivity index (χ4n) is 2.98. The van der Waals surface area contributed by atoms with Gasteiger partial charge >= 0.3 is 0 Å². The fourth-order valence-corrected chi connectivity index (χ4v) is 4.87. The highest BCUT2D eigenvalue weighted by atomic mass is 35.5. The van der Waals surface area contributed by atoms with E-state index in [-0.39, 0.29) is 33.3 Å². The Morgan fingerprint density at radius 1 is 1.12 bits per heavy atom. The molecule has 1 atom stereocenters. The molecule has 34 heavy (non-hydrogen) atoms. The first kappa shape index (κ1) is 26.4. The zero-order chi connectivity index (χ0) is 24.8. The number of anilines is 1. The molecule has 0 aliphatic carbocycles. The van der Waals surface area contributed by atoms with Gasteiger partial charge in [-0.1, -0.05) is 76.4 Å². The van der Waals surface area contributed by atoms with E-state index in [0.717, 1.165) is 0 Å². The van der Waals surface area contributed by atoms with Gasteiger partial charge in [-0.05, 0) is 31.2 Å². The summed E-state index contributed by atoms with van der Waals surface area (Å²) in [6.07, 6.45) is 1.67. The number of carbonyl (C=O) groups is 2. The lowest BCUT2D eigenvalue weighted by Gasteiger charge is -2.16. The standard InChI is InChI=1S/C22H19Cl4N5O2S/c1-3-8-31-20(12(2)27-21(33)14-6-4-5-7-15(14)24)29-30-22(31)34-11-18(32)28-19-16(25)9-13(23)10-17(19)26/h3-7,9-10,12H,1,8,11H2,2H3,(H,27,33)(H,28,32)/t12-/m0/s1. The number of halogens is 4. The normalized spacial score (nSPS) is 11.7. The molecule has 7 nitrogen and oxygen atoms in total. The van der Waals surface area contributed by atoms with Crippen LogP contribution in [0.4, 0.5) is 5.69 Å². The SMILES string of the molecule is C=CCn1c(SCC(=O)Nc2c(Cl)cc(Cl)cc2Cl)nnc1[C@H](C)NC(=O)c1ccccc1Cl. The van der Waals surface area contributed by atoms with Crippen LogP contribution in [0.25, 0.3) is 0 Å². The van der Waals surface area contributed by atoms with Crippen molar-refractivity contribution in [3.63, 3.8) is 0 Å². The Morgan fingerprint density at radius 2 is 1.79 bits per heavy atom. The van der Waals surface area contributed by atoms with E-state index in [2.05, 4.69) is 27.4 Å². The molecule has 0 saturated heterocycles. The van der Waals surface area contributed by atoms with Crippen LogP contribution in [0.5, 0.6) is 0 Å². The molecule has 12 heteroatoms. The van der Waals surface area contributed by atoms with Crippen LogP contribution in [0, 0.1) is 0 Å². The van der Waals surface area contributed by atoms with Gasteiger partial charge in [-0.25, -0.2) is 0 Å². The van der Waals surface area contributed by atoms with Crippen LogP contribution in [0.2, 0.25) is 20.1 Å². The van der Waals surface area contributed by atoms with Gasteiger partial charge in [-0.2, -0.15) is 0 Å². The molecule has 3 rings (SSSR count). The lowest BCUT2D eigenvalue weighted by molar-refractivity contribution is -0.113. The van der Waals surface area contributed by atoms with Crippen molar-refractivity contribution in [1.82, 2.24) is 20.1 Å². The fraction of sp³-hybridized carbons (Fsp3) is 0.182. The van der Waals surface area contributed by atoms with E-state index in [1.165, 1.54) is 23.9 Å². The zero-order valence-electron chi connectivity index (χ0n) is 17.8. The second-order valence-corrected chi connectivity index (χ2v) is 9.60. The third-order valence-electron chi connectivity index (χ3n) is 4.51. The van der Waals surface area contributed by atoms with Gasteiger partial charge < -0.3 is 15.2 Å². The number of carbonyl (C=O) groups excluding carboxylic acids is 2. The third kappa shape index (κ3) is 6.46. The van der Waals surface area contributed by atoms with Gasteiger partial charge in [0.15, 0.2) is 11.0 Å². The van der Waals surface area contributed by atoms with Gasteiger partial charge in [0.05, 0.1) is 38.1 Å². The molecule has 2 aromatic carbocycles. The molecule has 0 saturated carbocycles. The molecule has 0 aliphatic heterocycles. The van der Waals surface area contributed by atoms with Gasteiger partial charge in [-0.15, -0.1) is 16.8 Å². The molecule has 2 N–H and O–H groups in total. The van der Waals surface area contributed by atoms with Gasteiger partial charge in [0, 0.05) is 11.6 Å². The van der Waals surface area contributed by atoms with Crippen molar-refractivity contribution in [3.05, 3.63) is 80.5 Å². The number of allylic oxidation sites excluding steroid dienone is 1. The van der Waals surface area contributed by atoms with Gasteiger partial charge in [-0.3, -0.25) is 9.59 Å². The van der Waals surface area contributed by atoms with Crippen LogP contribution >= 0.6 is 58.2 Å². The van der Waals surface area contributed by atoms with Crippen LogP contribution in [0.1, 0.15) is 29.1 Å². The Morgan fingerprint density at radius 3 is 2.44 bits per heavy atom. The number of benzene rings is 2. The summed E-state index contributed by atoms with van der Waals surface area (Å²) in [5.74, 6) is -0.153. The first-order chi connectivity index (χ1) is 16.2. The zero-order valence-corrected chi connectivity index (χ0v) is 21.7. The number of aromatic nitrogens is 3. The molecule has 0 bridgehead atoms. The second-order valence-electron chi connectivity index (χ2n) is 7.00. The van der Waals surface area contributed by atoms with Gasteiger partial charge in [0.2, 0.25) is 5.91 Å². The van der Waals surface area contributed by atoms with E-state index >= 15 is 0 Å². The van der Waals surface area contributed by atoms with E-state index in [1.807, 2.05) is 0 Å². The molecule has 0 radical (unpaired) electrons. The topological polar surface area (TPSA) is 88.9 Å². The minimum absolute atomic E-state index is 0.0188. The summed E-state index contributed by atoms with van der Waals surface area (Å²) in [6, 6.07) is 9.26. The highest BCUT2D eigenvalue weighted by Crippen LogP contribution is 2.34. The molecule has 0 unspecified atom stereocenters. The van der Waals surface area contributed by atoms with E-state index in [4.69, 9.17) is 46.4 Å². The van der Waals surface area contributed by atoms with Crippen molar-refractivity contribution < 1.29 is 9.59 Å². The number of nitrogens with one attached hydrogen (secondary N) is 2. The van der Waals surface area contributed by atoms with E-state index in [1.54, 1.807) is 41.8 Å². The molecule has 0 spiro atoms. The largest absolute Gasteiger partial charge is 0.342 e. The molecule has 0 aliphatic rings. The Labute approximate surface area is 220 Å². The van der Waals surface area contributed by atoms with Crippen molar-refractivity contribution in [2.24, 2.45) is 0 Å². The Balaban J connectivity index is 1.70. The van der Waals surface area contributed by atoms with Crippen LogP contribution < -0.4 is 10.6 Å². The summed E-state index contributed by atoms with van der Waals surface area (Å²) in [5.41, 5.74) is 0.638. The Kier molecular flexibility index (Phi) is 9.27. The minimum atomic E-state index is -0.480. The molecule has 2 amide bonds. The molecule has 0 fully saturated rings. The van der Waals surface area contributed by atoms with Crippen LogP contribution in [0.15, 0.2) is 54.2 Å². The van der Waals surface area contributed by atoms with Crippen molar-refractivity contribution in [2.75, 3.05) is 11.1 Å². The number of hydrogen-bond acceptors (Lipinski definition) is 5. The Bertz CT molecular complexity index is 1210. The number of hydrogen-bond donors (Lipinski definition) is 2. The van der Waals surface area contributed by atoms with Crippen molar-refractivity contribution in [1.29, 1.82) is 0 Å². The molecule has 3 aromatic rings. The summed E-state index contributed by atoms with van der Waals surface area (Å²) in [5, 5.41) is 15.6. The lowest BCUT2D eigenvalue weighted by atomic mass is 10.2. The van der Waals surface area contributed by atoms with Gasteiger partial charge in [0.25, 0.3) is 5.91 Å². The quantitative estimate of drug-likeness (QED) is 0.237. The average Bonchev–Trinajstić information content (AvgIpc) is 3.18. The van der Waals surface area contributed by atoms with Crippen molar-refractivity contribution >= 4 is 75.7 Å². The maximum absolute atomic E-state index is 12.6. The number of thioether (sulfide) groups is 1. The highest BCUT2D eigenvalue weighted by molar-refractivity contribution is 7.99. The number of amides is 2. The highest BCUT2D eigenvalue weighted by Gasteiger charge is 2.21. The summed E-state index contributed by atoms with van der Waals surface area (Å²) in [6.45, 7) is 5.93. The second kappa shape index (κ2) is 12.0. The van der Waals surface area contributed by atoms with Crippen LogP contribution in [-0.4, -0.2) is 32.3 Å². The first-order valence-corrected chi connectivity index (χ1v) is 12.4. The number of nitrogens with zero attached hydrogens (tertiary/aromatic N) is 3. The maximum atomic E-state index is 12.6. The summed E-state index contributed by atoms with van der Waals surface area (Å²) >= 11 is 25.4. The van der Waals surface area contributed by atoms with Gasteiger partial charge in [0.1, 0.15) is 0 Å². The van der Waals surface area contributed by atoms with Crippen LogP contribution in [0.3, 0.4) is 0 Å². The van der Waals surface area contributed by atoms with Crippen molar-refractivity contribution in [3.8, 4) is 0 Å². The molecule has 178 valence electrons. The minimum Gasteiger partial charge on any atom is -0.342 e. The summed E-state index contributed by atoms with van der Waals surface area (Å²) in [7, 11) is 0. The first-order valence-electron chi connectivity index (χ1n) is 9.87. The predicted molar refractivity (Wildman–Crippen MR) is 138 cm³/mol. The molecule has 1 heterocycles. The predicted octanol–water partition coefficient (Wildman–Crippen LogP) is 6.30. The molecular weight excluding hydrogens is 540 g/mol. The van der Waals surface area contributed by atoms with E-state index in [9.17, 15) is 9.59 Å². The third-order valence-corrected chi connectivity index (χ3v) is 6.62. The molecule has 1 aromatic heterocycles. The monoisotopic (exact) mass is 557 g/mol. The maximum Gasteiger partial charge on any atom is 0.253 e. The summed E-state index contributed by atoms with van der Waals surface area (Å²) < 4.78 is 1.77. The van der Waals surface area contributed by atoms with E-state index < -0.39 is 6.04 Å². The molecular formula is C22H19Cl4N5O2S. The number of rotatable bonds is 9. The van der Waals surface area contributed by atoms with Crippen LogP contribution in [-0.2, 0) is 11.3 Å².